The molecule has 1 nitrogen and oxygen atoms in total. The van der Waals surface area contributed by atoms with Gasteiger partial charge in [0.05, 0.1) is 5.25 Å². The number of alkyl halides is 1. The van der Waals surface area contributed by atoms with Gasteiger partial charge >= 0.3 is 0 Å². The minimum absolute atomic E-state index is 0.0238. The molecule has 0 amide bonds. The van der Waals surface area contributed by atoms with Gasteiger partial charge in [0, 0.05) is 11.1 Å². The van der Waals surface area contributed by atoms with E-state index in [9.17, 15) is 0 Å². The number of halogens is 1. The van der Waals surface area contributed by atoms with Crippen molar-refractivity contribution in [3.63, 3.8) is 0 Å². The molecule has 0 saturated carbocycles. The second-order valence-corrected chi connectivity index (χ2v) is 8.63. The van der Waals surface area contributed by atoms with E-state index in [4.69, 9.17) is 16.3 Å². The highest BCUT2D eigenvalue weighted by Crippen LogP contribution is 2.51. The van der Waals surface area contributed by atoms with E-state index in [0.29, 0.717) is 0 Å². The normalized spacial score (nSPS) is 21.1. The topological polar surface area (TPSA) is 9.23 Å². The third-order valence-corrected chi connectivity index (χ3v) is 5.41. The second-order valence-electron chi connectivity index (χ2n) is 6.80. The Bertz CT molecular complexity index is 676. The van der Waals surface area contributed by atoms with Gasteiger partial charge in [0.2, 0.25) is 4.90 Å². The molecule has 22 heavy (non-hydrogen) atoms. The first-order chi connectivity index (χ1) is 10.4. The smallest absolute Gasteiger partial charge is 0.220 e. The van der Waals surface area contributed by atoms with Gasteiger partial charge in [-0.05, 0) is 17.9 Å². The first-order valence-corrected chi connectivity index (χ1v) is 8.90. The zero-order chi connectivity index (χ0) is 15.9. The summed E-state index contributed by atoms with van der Waals surface area (Å²) in [6.07, 6.45) is 0. The Kier molecular flexibility index (Phi) is 4.17. The maximum absolute atomic E-state index is 6.39. The van der Waals surface area contributed by atoms with Crippen molar-refractivity contribution < 1.29 is 4.74 Å². The third-order valence-electron chi connectivity index (χ3n) is 3.91. The van der Waals surface area contributed by atoms with Gasteiger partial charge in [-0.1, -0.05) is 92.2 Å². The Labute approximate surface area is 142 Å². The lowest BCUT2D eigenvalue weighted by atomic mass is 9.83. The van der Waals surface area contributed by atoms with Crippen molar-refractivity contribution in [2.24, 2.45) is 0 Å². The zero-order valence-electron chi connectivity index (χ0n) is 13.4. The summed E-state index contributed by atoms with van der Waals surface area (Å²) in [4.78, 5) is -0.360. The van der Waals surface area contributed by atoms with Crippen LogP contribution in [-0.2, 0) is 5.41 Å². The number of aryl methyl sites for hydroxylation is 1. The average Bonchev–Trinajstić information content (AvgIpc) is 2.46. The van der Waals surface area contributed by atoms with Gasteiger partial charge in [-0.3, -0.25) is 0 Å². The summed E-state index contributed by atoms with van der Waals surface area (Å²) in [6.45, 7) is 8.80. The molecule has 0 aromatic heterocycles. The molecule has 2 aromatic rings. The highest BCUT2D eigenvalue weighted by molar-refractivity contribution is 8.01. The number of hydrogen-bond donors (Lipinski definition) is 0. The van der Waals surface area contributed by atoms with Gasteiger partial charge in [-0.2, -0.15) is 0 Å². The molecule has 3 heteroatoms. The number of fused-ring (bicyclic) bond motifs is 1. The van der Waals surface area contributed by atoms with Crippen molar-refractivity contribution >= 4 is 23.4 Å². The first kappa shape index (κ1) is 15.8. The number of rotatable bonds is 1. The molecule has 2 aromatic carbocycles. The maximum atomic E-state index is 6.39. The minimum Gasteiger partial charge on any atom is -0.465 e. The molecule has 116 valence electrons. The summed E-state index contributed by atoms with van der Waals surface area (Å²) in [5.41, 5.74) is 5.03. The quantitative estimate of drug-likeness (QED) is 0.589. The molecule has 0 radical (unpaired) electrons. The second kappa shape index (κ2) is 5.82. The van der Waals surface area contributed by atoms with E-state index in [1.54, 1.807) is 11.8 Å². The van der Waals surface area contributed by atoms with Crippen LogP contribution in [0.15, 0.2) is 42.5 Å². The summed E-state index contributed by atoms with van der Waals surface area (Å²) >= 11 is 8.04. The molecule has 0 saturated heterocycles. The number of benzene rings is 2. The van der Waals surface area contributed by atoms with E-state index in [1.165, 1.54) is 22.3 Å². The summed E-state index contributed by atoms with van der Waals surface area (Å²) in [5.74, 6) is 0.964. The van der Waals surface area contributed by atoms with E-state index in [1.807, 2.05) is 6.07 Å². The maximum Gasteiger partial charge on any atom is 0.220 e. The van der Waals surface area contributed by atoms with Gasteiger partial charge in [-0.25, -0.2) is 0 Å². The van der Waals surface area contributed by atoms with Crippen molar-refractivity contribution in [1.29, 1.82) is 0 Å². The predicted molar refractivity (Wildman–Crippen MR) is 96.0 cm³/mol. The molecule has 0 spiro atoms. The van der Waals surface area contributed by atoms with E-state index >= 15 is 0 Å². The fraction of sp³-hybridized carbons (Fsp3) is 0.368. The molecular weight excluding hydrogens is 312 g/mol. The van der Waals surface area contributed by atoms with E-state index in [2.05, 4.69) is 64.1 Å². The van der Waals surface area contributed by atoms with Crippen LogP contribution in [-0.4, -0.2) is 4.90 Å². The van der Waals surface area contributed by atoms with Gasteiger partial charge in [0.15, 0.2) is 0 Å². The van der Waals surface area contributed by atoms with Crippen LogP contribution in [0.25, 0.3) is 0 Å². The van der Waals surface area contributed by atoms with Crippen LogP contribution in [0.2, 0.25) is 0 Å². The van der Waals surface area contributed by atoms with Gasteiger partial charge < -0.3 is 4.74 Å². The lowest BCUT2D eigenvalue weighted by Crippen LogP contribution is -2.22. The third kappa shape index (κ3) is 3.00. The van der Waals surface area contributed by atoms with Crippen LogP contribution >= 0.6 is 23.4 Å². The lowest BCUT2D eigenvalue weighted by Gasteiger charge is -2.34. The van der Waals surface area contributed by atoms with Gasteiger partial charge in [0.1, 0.15) is 5.75 Å². The van der Waals surface area contributed by atoms with Crippen molar-refractivity contribution in [3.05, 3.63) is 64.7 Å². The van der Waals surface area contributed by atoms with Crippen LogP contribution in [0, 0.1) is 6.92 Å². The van der Waals surface area contributed by atoms with Crippen LogP contribution < -0.4 is 4.74 Å². The van der Waals surface area contributed by atoms with E-state index in [-0.39, 0.29) is 15.6 Å². The van der Waals surface area contributed by atoms with E-state index < -0.39 is 0 Å². The van der Waals surface area contributed by atoms with Crippen LogP contribution in [0.3, 0.4) is 0 Å². The molecule has 0 N–H and O–H groups in total. The molecule has 1 heterocycles. The highest BCUT2D eigenvalue weighted by Gasteiger charge is 2.33. The first-order valence-electron chi connectivity index (χ1n) is 7.52. The molecule has 0 bridgehead atoms. The molecule has 2 atom stereocenters. The summed E-state index contributed by atoms with van der Waals surface area (Å²) < 4.78 is 6.02. The van der Waals surface area contributed by atoms with Crippen molar-refractivity contribution in [2.75, 3.05) is 0 Å². The molecule has 2 unspecified atom stereocenters. The molecule has 0 aliphatic carbocycles. The monoisotopic (exact) mass is 332 g/mol. The summed E-state index contributed by atoms with van der Waals surface area (Å²) in [6, 6.07) is 15.0. The summed E-state index contributed by atoms with van der Waals surface area (Å²) in [5, 5.41) is 0.216. The van der Waals surface area contributed by atoms with Crippen molar-refractivity contribution in [1.82, 2.24) is 0 Å². The summed E-state index contributed by atoms with van der Waals surface area (Å²) in [7, 11) is 0. The van der Waals surface area contributed by atoms with Crippen LogP contribution in [0.1, 0.15) is 48.3 Å². The molecule has 1 aliphatic heterocycles. The molecule has 1 aliphatic rings. The Morgan fingerprint density at radius 1 is 1.09 bits per heavy atom. The fourth-order valence-electron chi connectivity index (χ4n) is 2.87. The standard InChI is InChI=1S/C19H21ClOS/c1-12-10-14-16(15(11-12)19(2,3)4)21-18(20)22-17(14)13-8-6-5-7-9-13/h5-11,17-18H,1-4H3. The largest absolute Gasteiger partial charge is 0.465 e. The van der Waals surface area contributed by atoms with Gasteiger partial charge in [0.25, 0.3) is 0 Å². The highest BCUT2D eigenvalue weighted by atomic mass is 35.5. The van der Waals surface area contributed by atoms with Crippen molar-refractivity contribution in [2.45, 2.75) is 43.3 Å². The molecule has 3 rings (SSSR count). The Morgan fingerprint density at radius 3 is 2.41 bits per heavy atom. The average molecular weight is 333 g/mol. The Balaban J connectivity index is 2.19. The minimum atomic E-state index is -0.360. The van der Waals surface area contributed by atoms with Crippen LogP contribution in [0.4, 0.5) is 0 Å². The molecular formula is C19H21ClOS. The molecule has 0 fully saturated rings. The van der Waals surface area contributed by atoms with Gasteiger partial charge in [-0.15, -0.1) is 0 Å². The van der Waals surface area contributed by atoms with Crippen LogP contribution in [0.5, 0.6) is 5.75 Å². The fourth-order valence-corrected chi connectivity index (χ4v) is 4.27. The zero-order valence-corrected chi connectivity index (χ0v) is 15.0. The lowest BCUT2D eigenvalue weighted by molar-refractivity contribution is 0.337. The van der Waals surface area contributed by atoms with Crippen molar-refractivity contribution in [3.8, 4) is 5.75 Å². The number of hydrogen-bond acceptors (Lipinski definition) is 2. The Morgan fingerprint density at radius 2 is 1.77 bits per heavy atom. The SMILES string of the molecule is Cc1cc2c(c(C(C)(C)C)c1)OC(Cl)SC2c1ccccc1. The Hall–Kier alpha value is -1.12. The van der Waals surface area contributed by atoms with E-state index in [0.717, 1.165) is 5.75 Å². The number of ether oxygens (including phenoxy) is 1. The predicted octanol–water partition coefficient (Wildman–Crippen LogP) is 6.03. The number of thioether (sulfide) groups is 1.